The van der Waals surface area contributed by atoms with E-state index in [2.05, 4.69) is 52.1 Å². The van der Waals surface area contributed by atoms with E-state index < -0.39 is 10.2 Å². The highest BCUT2D eigenvalue weighted by Crippen LogP contribution is 2.44. The highest BCUT2D eigenvalue weighted by atomic mass is 35.7. The second-order valence-corrected chi connectivity index (χ2v) is 12.6. The van der Waals surface area contributed by atoms with Crippen LogP contribution in [0.1, 0.15) is 9.75 Å². The van der Waals surface area contributed by atoms with Crippen molar-refractivity contribution >= 4 is 61.8 Å². The predicted octanol–water partition coefficient (Wildman–Crippen LogP) is 0.116. The monoisotopic (exact) mass is 576 g/mol. The molecule has 2 saturated heterocycles. The van der Waals surface area contributed by atoms with E-state index in [1.54, 1.807) is 0 Å². The van der Waals surface area contributed by atoms with E-state index in [1.807, 2.05) is 46.2 Å². The summed E-state index contributed by atoms with van der Waals surface area (Å²) in [6, 6.07) is 9.12. The molecule has 0 aromatic carbocycles. The number of anilines is 1. The van der Waals surface area contributed by atoms with Crippen LogP contribution < -0.4 is 23.5 Å². The van der Waals surface area contributed by atoms with Crippen molar-refractivity contribution in [1.82, 2.24) is 0 Å². The third-order valence-corrected chi connectivity index (χ3v) is 9.86. The van der Waals surface area contributed by atoms with Gasteiger partial charge in [-0.1, -0.05) is 0 Å². The number of ether oxygens (including phenoxy) is 2. The fourth-order valence-electron chi connectivity index (χ4n) is 3.76. The van der Waals surface area contributed by atoms with E-state index in [1.165, 1.54) is 34.5 Å². The first-order valence-electron chi connectivity index (χ1n) is 10.8. The topological polar surface area (TPSA) is 117 Å². The Balaban J connectivity index is 0.000000527. The van der Waals surface area contributed by atoms with Gasteiger partial charge in [0.2, 0.25) is 5.04 Å². The first-order chi connectivity index (χ1) is 16.8. The van der Waals surface area contributed by atoms with Crippen LogP contribution >= 0.6 is 46.2 Å². The molecule has 2 fully saturated rings. The predicted molar refractivity (Wildman–Crippen MR) is 132 cm³/mol. The molecular weight excluding hydrogens is 552 g/mol. The molecule has 0 amide bonds. The molecule has 0 unspecified atom stereocenters. The van der Waals surface area contributed by atoms with Crippen molar-refractivity contribution in [3.63, 3.8) is 0 Å². The molecule has 35 heavy (non-hydrogen) atoms. The summed E-state index contributed by atoms with van der Waals surface area (Å²) in [6.07, 6.45) is 6.74. The summed E-state index contributed by atoms with van der Waals surface area (Å²) < 4.78 is 48.8. The molecule has 0 aliphatic carbocycles. The van der Waals surface area contributed by atoms with Crippen LogP contribution in [0.2, 0.25) is 0 Å². The van der Waals surface area contributed by atoms with Crippen LogP contribution in [0.25, 0.3) is 5.57 Å². The maximum atomic E-state index is 8.49. The van der Waals surface area contributed by atoms with Gasteiger partial charge in [0.1, 0.15) is 13.2 Å². The van der Waals surface area contributed by atoms with Crippen LogP contribution in [-0.4, -0.2) is 68.5 Å². The van der Waals surface area contributed by atoms with Crippen molar-refractivity contribution in [2.24, 2.45) is 0 Å². The van der Waals surface area contributed by atoms with E-state index in [4.69, 9.17) is 28.1 Å². The normalized spacial score (nSPS) is 20.2. The Labute approximate surface area is 222 Å². The lowest BCUT2D eigenvalue weighted by molar-refractivity contribution is -2.00. The quantitative estimate of drug-likeness (QED) is 0.369. The molecule has 5 heterocycles. The summed E-state index contributed by atoms with van der Waals surface area (Å²) in [7, 11) is -4.94. The van der Waals surface area contributed by atoms with E-state index >= 15 is 0 Å². The van der Waals surface area contributed by atoms with Crippen molar-refractivity contribution in [3.8, 4) is 0 Å². The highest BCUT2D eigenvalue weighted by molar-refractivity contribution is 8.18. The summed E-state index contributed by atoms with van der Waals surface area (Å²) in [5.74, 6) is 0. The Bertz CT molecular complexity index is 1090. The Morgan fingerprint density at radius 1 is 0.914 bits per heavy atom. The Hall–Kier alpha value is -0.900. The summed E-state index contributed by atoms with van der Waals surface area (Å²) in [5.41, 5.74) is 1.37. The summed E-state index contributed by atoms with van der Waals surface area (Å²) in [6.45, 7) is 7.19. The number of halogens is 1. The number of allylic oxidation sites excluding steroid dienone is 1. The molecular formula is C22H25ClN2O6S4. The number of thioether (sulfide) groups is 2. The third kappa shape index (κ3) is 7.79. The molecule has 5 rings (SSSR count). The number of thiophene rings is 2. The molecule has 0 saturated carbocycles. The highest BCUT2D eigenvalue weighted by Gasteiger charge is 2.26. The van der Waals surface area contributed by atoms with Crippen LogP contribution in [-0.2, 0) is 9.47 Å². The zero-order valence-corrected chi connectivity index (χ0v) is 23.0. The SMILES string of the molecule is CSc1ccc(C(=C2C=CC(=[N+]3CCOCC3)S2)c2ccc(N3CCOCC3)s2)s1.[O-][Cl+3]([O-])([O-])[O-]. The largest absolute Gasteiger partial charge is 0.378 e. The first-order valence-corrected chi connectivity index (χ1v) is 15.7. The molecule has 190 valence electrons. The minimum Gasteiger partial charge on any atom is -0.378 e. The van der Waals surface area contributed by atoms with Gasteiger partial charge in [-0.25, -0.2) is 23.2 Å². The lowest BCUT2D eigenvalue weighted by atomic mass is 10.1. The van der Waals surface area contributed by atoms with Crippen molar-refractivity contribution in [1.29, 1.82) is 0 Å². The minimum absolute atomic E-state index is 0.819. The number of rotatable bonds is 4. The molecule has 0 spiro atoms. The molecule has 0 bridgehead atoms. The maximum absolute atomic E-state index is 8.49. The van der Waals surface area contributed by atoms with E-state index in [0.29, 0.717) is 0 Å². The zero-order valence-electron chi connectivity index (χ0n) is 19.0. The number of hydrogen-bond donors (Lipinski definition) is 0. The van der Waals surface area contributed by atoms with Gasteiger partial charge >= 0.3 is 0 Å². The molecule has 0 atom stereocenters. The van der Waals surface area contributed by atoms with Gasteiger partial charge in [0.05, 0.1) is 22.4 Å². The van der Waals surface area contributed by atoms with Gasteiger partial charge in [-0.15, -0.1) is 44.7 Å². The van der Waals surface area contributed by atoms with Crippen LogP contribution in [0.5, 0.6) is 0 Å². The Morgan fingerprint density at radius 2 is 1.54 bits per heavy atom. The van der Waals surface area contributed by atoms with Gasteiger partial charge in [-0.2, -0.15) is 0 Å². The van der Waals surface area contributed by atoms with Crippen LogP contribution in [0.3, 0.4) is 0 Å². The molecule has 0 N–H and O–H groups in total. The van der Waals surface area contributed by atoms with Crippen LogP contribution in [0, 0.1) is 10.2 Å². The first kappa shape index (κ1) is 27.1. The Morgan fingerprint density at radius 3 is 2.20 bits per heavy atom. The van der Waals surface area contributed by atoms with Crippen molar-refractivity contribution in [2.45, 2.75) is 4.21 Å². The number of morpholine rings is 2. The van der Waals surface area contributed by atoms with Gasteiger partial charge in [-0.05, 0) is 48.4 Å². The van der Waals surface area contributed by atoms with E-state index in [9.17, 15) is 0 Å². The smallest absolute Gasteiger partial charge is 0.239 e. The van der Waals surface area contributed by atoms with Crippen LogP contribution in [0.4, 0.5) is 5.00 Å². The average Bonchev–Trinajstić information content (AvgIpc) is 3.61. The van der Waals surface area contributed by atoms with Gasteiger partial charge in [0.15, 0.2) is 13.1 Å². The standard InChI is InChI=1S/C22H25N2O2S4.ClHO4/c1-27-21-7-4-18(30-21)22(16-2-5-19(28-16)23-8-12-25-13-9-23)17-3-6-20(29-17)24-10-14-26-15-11-24;2-1(3,4)5/h2-7H,8-15H2,1H3;(H,2,3,4,5)/q+1;/p-1. The zero-order chi connectivity index (χ0) is 24.8. The van der Waals surface area contributed by atoms with E-state index in [-0.39, 0.29) is 0 Å². The lowest BCUT2D eigenvalue weighted by Crippen LogP contribution is -2.68. The third-order valence-electron chi connectivity index (χ3n) is 5.35. The molecule has 3 aliphatic rings. The number of nitrogens with zero attached hydrogens (tertiary/aromatic N) is 2. The van der Waals surface area contributed by atoms with Crippen molar-refractivity contribution in [2.75, 3.05) is 63.8 Å². The fraction of sp³-hybridized carbons (Fsp3) is 0.409. The maximum Gasteiger partial charge on any atom is 0.239 e. The summed E-state index contributed by atoms with van der Waals surface area (Å²) >= 11 is 7.52. The fourth-order valence-corrected chi connectivity index (χ4v) is 7.83. The second kappa shape index (κ2) is 12.6. The minimum atomic E-state index is -4.94. The van der Waals surface area contributed by atoms with Gasteiger partial charge in [-0.3, -0.25) is 0 Å². The lowest BCUT2D eigenvalue weighted by Gasteiger charge is -2.27. The van der Waals surface area contributed by atoms with Gasteiger partial charge in [0, 0.05) is 39.4 Å². The molecule has 0 radical (unpaired) electrons. The molecule has 8 nitrogen and oxygen atoms in total. The van der Waals surface area contributed by atoms with Gasteiger partial charge < -0.3 is 14.4 Å². The second-order valence-electron chi connectivity index (χ2n) is 7.55. The summed E-state index contributed by atoms with van der Waals surface area (Å²) in [4.78, 5) is 6.50. The van der Waals surface area contributed by atoms with Crippen LogP contribution in [0.15, 0.2) is 45.5 Å². The Kier molecular flexibility index (Phi) is 9.74. The van der Waals surface area contributed by atoms with Crippen molar-refractivity contribution < 1.29 is 42.9 Å². The molecule has 2 aromatic rings. The molecule has 2 aromatic heterocycles. The molecule has 3 aliphatic heterocycles. The number of hydrogen-bond acceptors (Lipinski definition) is 11. The van der Waals surface area contributed by atoms with E-state index in [0.717, 1.165) is 52.6 Å². The summed E-state index contributed by atoms with van der Waals surface area (Å²) in [5, 5.41) is 2.69. The average molecular weight is 577 g/mol. The molecule has 13 heteroatoms. The van der Waals surface area contributed by atoms with Crippen molar-refractivity contribution in [3.05, 3.63) is 51.1 Å². The van der Waals surface area contributed by atoms with Gasteiger partial charge in [0.25, 0.3) is 0 Å².